The van der Waals surface area contributed by atoms with E-state index in [-0.39, 0.29) is 6.04 Å². The largest absolute Gasteiger partial charge is 0.377 e. The molecule has 0 unspecified atom stereocenters. The van der Waals surface area contributed by atoms with Gasteiger partial charge in [-0.15, -0.1) is 0 Å². The molecule has 0 aromatic heterocycles. The van der Waals surface area contributed by atoms with E-state index in [1.165, 1.54) is 0 Å². The van der Waals surface area contributed by atoms with Gasteiger partial charge in [0.1, 0.15) is 17.7 Å². The molecule has 7 heteroatoms. The van der Waals surface area contributed by atoms with E-state index < -0.39 is 0 Å². The van der Waals surface area contributed by atoms with Crippen LogP contribution in [0.25, 0.3) is 22.5 Å². The average Bonchev–Trinajstić information content (AvgIpc) is 3.08. The first-order valence-electron chi connectivity index (χ1n) is 8.30. The molecule has 126 valence electrons. The summed E-state index contributed by atoms with van der Waals surface area (Å²) in [6.07, 6.45) is 1.84. The van der Waals surface area contributed by atoms with Crippen molar-refractivity contribution < 1.29 is 4.74 Å². The summed E-state index contributed by atoms with van der Waals surface area (Å²) in [7, 11) is 0. The van der Waals surface area contributed by atoms with Gasteiger partial charge in [0.25, 0.3) is 0 Å². The molecule has 25 heavy (non-hydrogen) atoms. The number of nitrogens with zero attached hydrogens (tertiary/aromatic N) is 4. The lowest BCUT2D eigenvalue weighted by Crippen LogP contribution is -2.34. The second-order valence-electron chi connectivity index (χ2n) is 6.23. The maximum Gasteiger partial charge on any atom is 0.247 e. The number of ether oxygens (including phenoxy) is 1. The number of aromatic nitrogens is 3. The van der Waals surface area contributed by atoms with E-state index in [1.807, 2.05) is 30.5 Å². The highest BCUT2D eigenvalue weighted by Gasteiger charge is 2.23. The van der Waals surface area contributed by atoms with Crippen molar-refractivity contribution >= 4 is 17.4 Å². The zero-order chi connectivity index (χ0) is 16.8. The van der Waals surface area contributed by atoms with Crippen LogP contribution in [0.15, 0.2) is 41.5 Å². The van der Waals surface area contributed by atoms with Gasteiger partial charge in [-0.2, -0.15) is 4.98 Å². The van der Waals surface area contributed by atoms with Gasteiger partial charge in [-0.05, 0) is 12.1 Å². The number of halogens is 1. The molecule has 1 fully saturated rings. The molecular formula is C18H16ClN5O. The first-order chi connectivity index (χ1) is 12.3. The van der Waals surface area contributed by atoms with E-state index in [9.17, 15) is 0 Å². The molecule has 0 radical (unpaired) electrons. The summed E-state index contributed by atoms with van der Waals surface area (Å²) < 4.78 is 7.35. The van der Waals surface area contributed by atoms with Crippen LogP contribution in [0.3, 0.4) is 0 Å². The number of benzene rings is 1. The van der Waals surface area contributed by atoms with Crippen LogP contribution in [0.1, 0.15) is 0 Å². The van der Waals surface area contributed by atoms with Crippen molar-refractivity contribution in [3.63, 3.8) is 0 Å². The molecule has 1 aromatic carbocycles. The zero-order valence-corrected chi connectivity index (χ0v) is 14.2. The Labute approximate surface area is 149 Å². The minimum atomic E-state index is 0.177. The molecule has 1 N–H and O–H groups in total. The maximum atomic E-state index is 6.42. The van der Waals surface area contributed by atoms with E-state index in [2.05, 4.69) is 30.9 Å². The number of pyridine rings is 1. The Morgan fingerprint density at radius 1 is 1.24 bits per heavy atom. The Morgan fingerprint density at radius 3 is 2.92 bits per heavy atom. The van der Waals surface area contributed by atoms with Gasteiger partial charge in [-0.1, -0.05) is 29.8 Å². The first-order valence-corrected chi connectivity index (χ1v) is 8.68. The highest BCUT2D eigenvalue weighted by molar-refractivity contribution is 6.33. The van der Waals surface area contributed by atoms with Crippen LogP contribution in [0, 0.1) is 0 Å². The van der Waals surface area contributed by atoms with E-state index in [1.54, 1.807) is 0 Å². The van der Waals surface area contributed by atoms with Crippen molar-refractivity contribution in [2.24, 2.45) is 4.99 Å². The van der Waals surface area contributed by atoms with Crippen LogP contribution in [-0.2, 0) is 11.3 Å². The van der Waals surface area contributed by atoms with Gasteiger partial charge in [0, 0.05) is 41.0 Å². The zero-order valence-electron chi connectivity index (χ0n) is 13.4. The molecule has 0 bridgehead atoms. The summed E-state index contributed by atoms with van der Waals surface area (Å²) in [5, 5.41) is 4.19. The fraction of sp³-hybridized carbons (Fsp3) is 0.278. The number of fused-ring (bicyclic) bond motifs is 3. The molecule has 1 aromatic rings. The third-order valence-corrected chi connectivity index (χ3v) is 4.90. The lowest BCUT2D eigenvalue weighted by molar-refractivity contribution is 0.0112. The van der Waals surface area contributed by atoms with Gasteiger partial charge < -0.3 is 14.6 Å². The van der Waals surface area contributed by atoms with Crippen LogP contribution in [0.2, 0.25) is 5.02 Å². The Hall–Kier alpha value is -2.44. The van der Waals surface area contributed by atoms with Gasteiger partial charge in [0.2, 0.25) is 5.62 Å². The van der Waals surface area contributed by atoms with E-state index in [0.29, 0.717) is 18.8 Å². The Morgan fingerprint density at radius 2 is 2.12 bits per heavy atom. The third kappa shape index (κ3) is 2.49. The predicted molar refractivity (Wildman–Crippen MR) is 95.7 cm³/mol. The predicted octanol–water partition coefficient (Wildman–Crippen LogP) is 2.43. The van der Waals surface area contributed by atoms with Crippen molar-refractivity contribution in [2.75, 3.05) is 25.1 Å². The molecule has 0 saturated carbocycles. The quantitative estimate of drug-likeness (QED) is 0.768. The molecule has 1 saturated heterocycles. The first kappa shape index (κ1) is 14.9. The Kier molecular flexibility index (Phi) is 3.46. The minimum absolute atomic E-state index is 0.177. The monoisotopic (exact) mass is 353 g/mol. The molecule has 4 aliphatic rings. The third-order valence-electron chi connectivity index (χ3n) is 4.57. The number of hydrogen-bond donors (Lipinski definition) is 1. The highest BCUT2D eigenvalue weighted by atomic mass is 35.5. The van der Waals surface area contributed by atoms with Crippen molar-refractivity contribution in [2.45, 2.75) is 12.6 Å². The Balaban J connectivity index is 1.72. The summed E-state index contributed by atoms with van der Waals surface area (Å²) in [6, 6.07) is 10.1. The maximum absolute atomic E-state index is 6.42. The van der Waals surface area contributed by atoms with E-state index >= 15 is 0 Å². The van der Waals surface area contributed by atoms with E-state index in [4.69, 9.17) is 16.3 Å². The van der Waals surface area contributed by atoms with Crippen LogP contribution >= 0.6 is 11.6 Å². The standard InChI is InChI=1S/C18H16ClN5O/c19-15-4-2-1-3-13(15)14-7-11-8-21-18(22-12-9-25-10-12)23-16(11)24-6-5-20-17(14)24/h1-4,7-8,12,20H,5-6,9-10H2. The second-order valence-corrected chi connectivity index (χ2v) is 6.64. The lowest BCUT2D eigenvalue weighted by atomic mass is 10.0. The summed E-state index contributed by atoms with van der Waals surface area (Å²) in [5.41, 5.74) is 3.57. The second kappa shape index (κ2) is 5.82. The van der Waals surface area contributed by atoms with Crippen LogP contribution in [-0.4, -0.2) is 40.3 Å². The highest BCUT2D eigenvalue weighted by Crippen LogP contribution is 2.39. The SMILES string of the molecule is Clc1ccccc1-c1cc2cnc(=NC3COC3)nc-2n2c1NCC2. The van der Waals surface area contributed by atoms with Gasteiger partial charge >= 0.3 is 0 Å². The molecule has 0 spiro atoms. The summed E-state index contributed by atoms with van der Waals surface area (Å²) in [5.74, 6) is 1.93. The topological polar surface area (TPSA) is 64.3 Å². The minimum Gasteiger partial charge on any atom is -0.377 e. The van der Waals surface area contributed by atoms with Crippen LogP contribution in [0.5, 0.6) is 0 Å². The van der Waals surface area contributed by atoms with Crippen molar-refractivity contribution in [1.29, 1.82) is 0 Å². The van der Waals surface area contributed by atoms with Crippen molar-refractivity contribution in [3.8, 4) is 22.5 Å². The molecule has 4 aliphatic heterocycles. The van der Waals surface area contributed by atoms with Gasteiger partial charge in [-0.25, -0.2) is 9.98 Å². The molecule has 5 rings (SSSR count). The number of anilines is 1. The summed E-state index contributed by atoms with van der Waals surface area (Å²) in [6.45, 7) is 3.02. The van der Waals surface area contributed by atoms with Crippen molar-refractivity contribution in [1.82, 2.24) is 14.5 Å². The molecule has 4 heterocycles. The van der Waals surface area contributed by atoms with Gasteiger partial charge in [-0.3, -0.25) is 0 Å². The average molecular weight is 354 g/mol. The normalized spacial score (nSPS) is 17.4. The number of nitrogens with one attached hydrogen (secondary N) is 1. The molecule has 0 aliphatic carbocycles. The molecular weight excluding hydrogens is 338 g/mol. The van der Waals surface area contributed by atoms with Crippen LogP contribution in [0.4, 0.5) is 5.82 Å². The van der Waals surface area contributed by atoms with Gasteiger partial charge in [0.05, 0.1) is 13.2 Å². The van der Waals surface area contributed by atoms with E-state index in [0.717, 1.165) is 46.4 Å². The van der Waals surface area contributed by atoms with Gasteiger partial charge in [0.15, 0.2) is 0 Å². The molecule has 6 nitrogen and oxygen atoms in total. The summed E-state index contributed by atoms with van der Waals surface area (Å²) in [4.78, 5) is 13.6. The lowest BCUT2D eigenvalue weighted by Gasteiger charge is -2.21. The molecule has 0 amide bonds. The number of rotatable bonds is 2. The van der Waals surface area contributed by atoms with Crippen LogP contribution < -0.4 is 10.9 Å². The summed E-state index contributed by atoms with van der Waals surface area (Å²) >= 11 is 6.42. The Bertz CT molecular complexity index is 995. The number of hydrogen-bond acceptors (Lipinski definition) is 5. The fourth-order valence-corrected chi connectivity index (χ4v) is 3.51. The fourth-order valence-electron chi connectivity index (χ4n) is 3.27. The smallest absolute Gasteiger partial charge is 0.247 e. The van der Waals surface area contributed by atoms with Crippen molar-refractivity contribution in [3.05, 3.63) is 47.2 Å². The molecule has 0 atom stereocenters.